The standard InChI is InChI=1S/C14H14FN3O4/c1-22-7-6-16-8-11-12(19)17-14(21)18(13(11)20)10-4-2-9(15)3-5-10/h2-5,8,20H,6-7H2,1H3,(H,17,19,21). The van der Waals surface area contributed by atoms with Gasteiger partial charge in [0.2, 0.25) is 5.88 Å². The zero-order valence-electron chi connectivity index (χ0n) is 11.7. The molecule has 0 atom stereocenters. The number of aromatic hydroxyl groups is 1. The fraction of sp³-hybridized carbons (Fsp3) is 0.214. The largest absolute Gasteiger partial charge is 0.493 e. The minimum atomic E-state index is -0.830. The third-order valence-corrected chi connectivity index (χ3v) is 2.85. The first-order chi connectivity index (χ1) is 10.5. The molecule has 22 heavy (non-hydrogen) atoms. The highest BCUT2D eigenvalue weighted by molar-refractivity contribution is 5.82. The maximum Gasteiger partial charge on any atom is 0.335 e. The number of hydrogen-bond acceptors (Lipinski definition) is 5. The fourth-order valence-corrected chi connectivity index (χ4v) is 1.78. The van der Waals surface area contributed by atoms with Gasteiger partial charge in [0.25, 0.3) is 5.56 Å². The topological polar surface area (TPSA) is 96.7 Å². The lowest BCUT2D eigenvalue weighted by Crippen LogP contribution is -2.31. The number of aliphatic imine (C=N–C) groups is 1. The van der Waals surface area contributed by atoms with Crippen molar-refractivity contribution in [3.63, 3.8) is 0 Å². The predicted octanol–water partition coefficient (Wildman–Crippen LogP) is 0.436. The number of ether oxygens (including phenoxy) is 1. The van der Waals surface area contributed by atoms with Gasteiger partial charge in [0.05, 0.1) is 18.8 Å². The second-order valence-electron chi connectivity index (χ2n) is 4.34. The molecule has 8 heteroatoms. The van der Waals surface area contributed by atoms with Crippen molar-refractivity contribution in [2.75, 3.05) is 20.3 Å². The second kappa shape index (κ2) is 6.81. The highest BCUT2D eigenvalue weighted by Crippen LogP contribution is 2.15. The van der Waals surface area contributed by atoms with E-state index < -0.39 is 22.9 Å². The molecule has 0 bridgehead atoms. The first-order valence-electron chi connectivity index (χ1n) is 6.37. The van der Waals surface area contributed by atoms with Crippen molar-refractivity contribution in [1.29, 1.82) is 0 Å². The Morgan fingerprint density at radius 3 is 2.68 bits per heavy atom. The van der Waals surface area contributed by atoms with Gasteiger partial charge in [-0.2, -0.15) is 0 Å². The highest BCUT2D eigenvalue weighted by atomic mass is 19.1. The van der Waals surface area contributed by atoms with Crippen LogP contribution in [0.3, 0.4) is 0 Å². The Bertz CT molecular complexity index is 793. The van der Waals surface area contributed by atoms with Crippen LogP contribution < -0.4 is 11.2 Å². The summed E-state index contributed by atoms with van der Waals surface area (Å²) in [5.41, 5.74) is -1.54. The molecule has 0 unspecified atom stereocenters. The van der Waals surface area contributed by atoms with Gasteiger partial charge in [-0.05, 0) is 24.3 Å². The summed E-state index contributed by atoms with van der Waals surface area (Å²) in [6.07, 6.45) is 1.16. The Kier molecular flexibility index (Phi) is 4.84. The molecule has 0 aliphatic carbocycles. The number of H-pyrrole nitrogens is 1. The lowest BCUT2D eigenvalue weighted by atomic mass is 10.3. The molecular formula is C14H14FN3O4. The van der Waals surface area contributed by atoms with E-state index in [1.165, 1.54) is 19.2 Å². The molecule has 2 aromatic rings. The molecule has 7 nitrogen and oxygen atoms in total. The SMILES string of the molecule is COCCN=Cc1c(O)n(-c2ccc(F)cc2)c(=O)[nH]c1=O. The van der Waals surface area contributed by atoms with Crippen LogP contribution in [0.5, 0.6) is 5.88 Å². The summed E-state index contributed by atoms with van der Waals surface area (Å²) in [4.78, 5) is 29.6. The van der Waals surface area contributed by atoms with Gasteiger partial charge >= 0.3 is 5.69 Å². The summed E-state index contributed by atoms with van der Waals surface area (Å²) in [7, 11) is 1.51. The molecule has 0 aliphatic heterocycles. The van der Waals surface area contributed by atoms with Crippen LogP contribution in [0.25, 0.3) is 5.69 Å². The molecule has 2 rings (SSSR count). The first kappa shape index (κ1) is 15.6. The van der Waals surface area contributed by atoms with Crippen molar-refractivity contribution in [2.24, 2.45) is 4.99 Å². The Balaban J connectivity index is 2.51. The smallest absolute Gasteiger partial charge is 0.335 e. The summed E-state index contributed by atoms with van der Waals surface area (Å²) >= 11 is 0. The van der Waals surface area contributed by atoms with Crippen molar-refractivity contribution >= 4 is 6.21 Å². The Hall–Kier alpha value is -2.74. The molecule has 0 fully saturated rings. The van der Waals surface area contributed by atoms with Gasteiger partial charge in [0, 0.05) is 13.3 Å². The van der Waals surface area contributed by atoms with E-state index in [0.29, 0.717) is 13.2 Å². The van der Waals surface area contributed by atoms with Crippen LogP contribution in [0.1, 0.15) is 5.56 Å². The maximum absolute atomic E-state index is 12.9. The summed E-state index contributed by atoms with van der Waals surface area (Å²) in [5, 5.41) is 10.2. The van der Waals surface area contributed by atoms with Crippen LogP contribution in [0.2, 0.25) is 0 Å². The van der Waals surface area contributed by atoms with Crippen LogP contribution >= 0.6 is 0 Å². The van der Waals surface area contributed by atoms with E-state index in [-0.39, 0.29) is 11.3 Å². The second-order valence-corrected chi connectivity index (χ2v) is 4.34. The van der Waals surface area contributed by atoms with Crippen LogP contribution in [-0.2, 0) is 4.74 Å². The van der Waals surface area contributed by atoms with Crippen LogP contribution in [0.15, 0.2) is 38.8 Å². The van der Waals surface area contributed by atoms with E-state index >= 15 is 0 Å². The molecule has 0 radical (unpaired) electrons. The monoisotopic (exact) mass is 307 g/mol. The zero-order chi connectivity index (χ0) is 16.1. The number of aromatic amines is 1. The summed E-state index contributed by atoms with van der Waals surface area (Å²) in [6, 6.07) is 4.89. The van der Waals surface area contributed by atoms with E-state index in [4.69, 9.17) is 4.74 Å². The third-order valence-electron chi connectivity index (χ3n) is 2.85. The molecule has 1 aromatic carbocycles. The normalized spacial score (nSPS) is 11.2. The van der Waals surface area contributed by atoms with Crippen LogP contribution in [0.4, 0.5) is 4.39 Å². The predicted molar refractivity (Wildman–Crippen MR) is 78.6 cm³/mol. The van der Waals surface area contributed by atoms with Crippen molar-refractivity contribution in [3.8, 4) is 11.6 Å². The molecule has 1 aromatic heterocycles. The van der Waals surface area contributed by atoms with Gasteiger partial charge in [0.1, 0.15) is 11.4 Å². The fourth-order valence-electron chi connectivity index (χ4n) is 1.78. The van der Waals surface area contributed by atoms with Gasteiger partial charge in [0.15, 0.2) is 0 Å². The highest BCUT2D eigenvalue weighted by Gasteiger charge is 2.14. The number of benzene rings is 1. The molecule has 0 amide bonds. The van der Waals surface area contributed by atoms with Crippen molar-refractivity contribution < 1.29 is 14.2 Å². The summed E-state index contributed by atoms with van der Waals surface area (Å²) in [6.45, 7) is 0.651. The van der Waals surface area contributed by atoms with Crippen LogP contribution in [-0.4, -0.2) is 41.1 Å². The molecule has 2 N–H and O–H groups in total. The average Bonchev–Trinajstić information content (AvgIpc) is 2.48. The Morgan fingerprint density at radius 2 is 2.05 bits per heavy atom. The summed E-state index contributed by atoms with van der Waals surface area (Å²) in [5.74, 6) is -1.05. The van der Waals surface area contributed by atoms with Crippen LogP contribution in [0, 0.1) is 5.82 Å². The van der Waals surface area contributed by atoms with E-state index in [2.05, 4.69) is 9.98 Å². The molecular weight excluding hydrogens is 293 g/mol. The van der Waals surface area contributed by atoms with Gasteiger partial charge in [-0.3, -0.25) is 14.8 Å². The molecule has 1 heterocycles. The third kappa shape index (κ3) is 3.29. The first-order valence-corrected chi connectivity index (χ1v) is 6.37. The molecule has 116 valence electrons. The number of aromatic nitrogens is 2. The zero-order valence-corrected chi connectivity index (χ0v) is 11.7. The van der Waals surface area contributed by atoms with E-state index in [1.807, 2.05) is 0 Å². The molecule has 0 saturated carbocycles. The van der Waals surface area contributed by atoms with Crippen molar-refractivity contribution in [3.05, 3.63) is 56.5 Å². The number of hydrogen-bond donors (Lipinski definition) is 2. The lowest BCUT2D eigenvalue weighted by molar-refractivity contribution is 0.208. The molecule has 0 aliphatic rings. The minimum absolute atomic E-state index is 0.167. The minimum Gasteiger partial charge on any atom is -0.493 e. The lowest BCUT2D eigenvalue weighted by Gasteiger charge is -2.09. The van der Waals surface area contributed by atoms with Gasteiger partial charge in [-0.15, -0.1) is 0 Å². The number of rotatable bonds is 5. The number of methoxy groups -OCH3 is 1. The van der Waals surface area contributed by atoms with Gasteiger partial charge in [-0.25, -0.2) is 13.8 Å². The van der Waals surface area contributed by atoms with Crippen molar-refractivity contribution in [1.82, 2.24) is 9.55 Å². The summed E-state index contributed by atoms with van der Waals surface area (Å²) < 4.78 is 18.6. The van der Waals surface area contributed by atoms with Gasteiger partial charge in [-0.1, -0.05) is 0 Å². The van der Waals surface area contributed by atoms with Gasteiger partial charge < -0.3 is 9.84 Å². The average molecular weight is 307 g/mol. The number of nitrogens with zero attached hydrogens (tertiary/aromatic N) is 2. The van der Waals surface area contributed by atoms with E-state index in [0.717, 1.165) is 22.9 Å². The molecule has 0 spiro atoms. The van der Waals surface area contributed by atoms with E-state index in [1.54, 1.807) is 0 Å². The maximum atomic E-state index is 12.9. The Morgan fingerprint density at radius 1 is 1.36 bits per heavy atom. The number of nitrogens with one attached hydrogen (secondary N) is 1. The molecule has 0 saturated heterocycles. The Labute approximate surface area is 124 Å². The van der Waals surface area contributed by atoms with Crippen molar-refractivity contribution in [2.45, 2.75) is 0 Å². The number of halogens is 1. The quantitative estimate of drug-likeness (QED) is 0.618. The van der Waals surface area contributed by atoms with E-state index in [9.17, 15) is 19.1 Å².